The summed E-state index contributed by atoms with van der Waals surface area (Å²) >= 11 is 1.52. The minimum atomic E-state index is -1.03. The van der Waals surface area contributed by atoms with E-state index in [4.69, 9.17) is 10.9 Å². The Morgan fingerprint density at radius 2 is 2.35 bits per heavy atom. The average Bonchev–Trinajstić information content (AvgIpc) is 2.70. The molecule has 1 rings (SSSR count). The first kappa shape index (κ1) is 13.4. The lowest BCUT2D eigenvalue weighted by Gasteiger charge is -2.21. The third kappa shape index (κ3) is 3.16. The van der Waals surface area contributed by atoms with E-state index in [0.29, 0.717) is 6.54 Å². The van der Waals surface area contributed by atoms with Crippen molar-refractivity contribution in [2.45, 2.75) is 27.3 Å². The van der Waals surface area contributed by atoms with Crippen molar-refractivity contribution >= 4 is 23.1 Å². The molecule has 0 fully saturated rings. The molecule has 0 saturated heterocycles. The normalized spacial score (nSPS) is 12.5. The van der Waals surface area contributed by atoms with Crippen LogP contribution in [0.2, 0.25) is 0 Å². The molecule has 0 radical (unpaired) electrons. The van der Waals surface area contributed by atoms with Gasteiger partial charge in [-0.1, -0.05) is 5.16 Å². The van der Waals surface area contributed by atoms with Crippen LogP contribution in [0.25, 0.3) is 0 Å². The summed E-state index contributed by atoms with van der Waals surface area (Å²) in [5.74, 6) is -0.408. The van der Waals surface area contributed by atoms with Crippen molar-refractivity contribution in [3.05, 3.63) is 16.1 Å². The van der Waals surface area contributed by atoms with Crippen LogP contribution in [0.1, 0.15) is 23.7 Å². The van der Waals surface area contributed by atoms with E-state index in [9.17, 15) is 4.79 Å². The number of nitrogens with zero attached hydrogens (tertiary/aromatic N) is 2. The lowest BCUT2D eigenvalue weighted by atomic mass is 9.91. The fraction of sp³-hybridized carbons (Fsp3) is 0.500. The van der Waals surface area contributed by atoms with Gasteiger partial charge in [0.1, 0.15) is 5.41 Å². The van der Waals surface area contributed by atoms with E-state index in [2.05, 4.69) is 15.5 Å². The van der Waals surface area contributed by atoms with Gasteiger partial charge in [0.05, 0.1) is 11.6 Å². The van der Waals surface area contributed by atoms with Gasteiger partial charge in [-0.25, -0.2) is 4.98 Å². The highest BCUT2D eigenvalue weighted by atomic mass is 32.1. The van der Waals surface area contributed by atoms with E-state index in [1.54, 1.807) is 20.0 Å². The van der Waals surface area contributed by atoms with Crippen molar-refractivity contribution in [2.75, 3.05) is 0 Å². The first-order chi connectivity index (χ1) is 7.87. The molecule has 0 aromatic carbocycles. The van der Waals surface area contributed by atoms with Crippen molar-refractivity contribution in [3.8, 4) is 0 Å². The van der Waals surface area contributed by atoms with Gasteiger partial charge >= 0.3 is 0 Å². The molecule has 0 aliphatic heterocycles. The summed E-state index contributed by atoms with van der Waals surface area (Å²) in [6.45, 7) is 5.48. The largest absolute Gasteiger partial charge is 0.409 e. The molecule has 4 N–H and O–H groups in total. The molecule has 1 aromatic heterocycles. The van der Waals surface area contributed by atoms with E-state index in [1.807, 2.05) is 6.92 Å². The highest BCUT2D eigenvalue weighted by Gasteiger charge is 2.32. The van der Waals surface area contributed by atoms with Crippen LogP contribution in [0.4, 0.5) is 0 Å². The topological polar surface area (TPSA) is 101 Å². The highest BCUT2D eigenvalue weighted by molar-refractivity contribution is 7.11. The number of amidine groups is 1. The Morgan fingerprint density at radius 3 is 2.82 bits per heavy atom. The first-order valence-electron chi connectivity index (χ1n) is 5.05. The van der Waals surface area contributed by atoms with Gasteiger partial charge in [-0.2, -0.15) is 0 Å². The van der Waals surface area contributed by atoms with E-state index in [1.165, 1.54) is 11.3 Å². The lowest BCUT2D eigenvalue weighted by Crippen LogP contribution is -2.45. The van der Waals surface area contributed by atoms with Crippen LogP contribution >= 0.6 is 11.3 Å². The number of amides is 1. The Kier molecular flexibility index (Phi) is 4.06. The fourth-order valence-electron chi connectivity index (χ4n) is 1.12. The number of aryl methyl sites for hydroxylation is 1. The molecule has 1 amide bonds. The molecule has 0 saturated carbocycles. The Balaban J connectivity index is 2.61. The molecule has 6 nitrogen and oxygen atoms in total. The Hall–Kier alpha value is -1.63. The number of hydrogen-bond donors (Lipinski definition) is 3. The van der Waals surface area contributed by atoms with Gasteiger partial charge in [0.2, 0.25) is 5.91 Å². The summed E-state index contributed by atoms with van der Waals surface area (Å²) in [6.07, 6.45) is 1.72. The van der Waals surface area contributed by atoms with Gasteiger partial charge in [0.15, 0.2) is 5.84 Å². The second kappa shape index (κ2) is 5.13. The van der Waals surface area contributed by atoms with E-state index in [0.717, 1.165) is 9.88 Å². The number of hydrogen-bond acceptors (Lipinski definition) is 5. The lowest BCUT2D eigenvalue weighted by molar-refractivity contribution is -0.126. The van der Waals surface area contributed by atoms with Crippen molar-refractivity contribution < 1.29 is 10.0 Å². The van der Waals surface area contributed by atoms with Crippen molar-refractivity contribution in [1.29, 1.82) is 0 Å². The molecule has 0 aliphatic rings. The first-order valence-corrected chi connectivity index (χ1v) is 5.87. The zero-order valence-electron chi connectivity index (χ0n) is 10.0. The van der Waals surface area contributed by atoms with Crippen molar-refractivity contribution in [3.63, 3.8) is 0 Å². The zero-order valence-corrected chi connectivity index (χ0v) is 10.8. The number of nitrogens with one attached hydrogen (secondary N) is 1. The van der Waals surface area contributed by atoms with E-state index >= 15 is 0 Å². The molecule has 1 heterocycles. The van der Waals surface area contributed by atoms with Crippen molar-refractivity contribution in [2.24, 2.45) is 16.3 Å². The molecule has 94 valence electrons. The van der Waals surface area contributed by atoms with Gasteiger partial charge in [0.25, 0.3) is 0 Å². The molecule has 0 unspecified atom stereocenters. The summed E-state index contributed by atoms with van der Waals surface area (Å²) in [7, 11) is 0. The smallest absolute Gasteiger partial charge is 0.233 e. The monoisotopic (exact) mass is 256 g/mol. The molecule has 0 aliphatic carbocycles. The number of thiazole rings is 1. The number of carbonyl (C=O) groups is 1. The molecule has 0 spiro atoms. The standard InChI is InChI=1S/C10H16N4O2S/c1-6-12-4-7(17-6)5-13-9(15)10(2,3)8(11)14-16/h4,16H,5H2,1-3H3,(H2,11,14)(H,13,15). The van der Waals surface area contributed by atoms with Gasteiger partial charge < -0.3 is 16.3 Å². The Morgan fingerprint density at radius 1 is 1.71 bits per heavy atom. The van der Waals surface area contributed by atoms with Crippen LogP contribution in [0, 0.1) is 12.3 Å². The molecule has 17 heavy (non-hydrogen) atoms. The number of rotatable bonds is 4. The minimum Gasteiger partial charge on any atom is -0.409 e. The van der Waals surface area contributed by atoms with Gasteiger partial charge in [-0.3, -0.25) is 4.79 Å². The number of oxime groups is 1. The highest BCUT2D eigenvalue weighted by Crippen LogP contribution is 2.16. The quantitative estimate of drug-likeness (QED) is 0.321. The maximum atomic E-state index is 11.8. The SMILES string of the molecule is Cc1ncc(CNC(=O)C(C)(C)C(N)=NO)s1. The van der Waals surface area contributed by atoms with Gasteiger partial charge in [-0.05, 0) is 20.8 Å². The van der Waals surface area contributed by atoms with Crippen LogP contribution in [0.5, 0.6) is 0 Å². The Labute approximate surface area is 104 Å². The van der Waals surface area contributed by atoms with Gasteiger partial charge in [0, 0.05) is 11.1 Å². The van der Waals surface area contributed by atoms with Gasteiger partial charge in [-0.15, -0.1) is 11.3 Å². The van der Waals surface area contributed by atoms with Crippen LogP contribution < -0.4 is 11.1 Å². The summed E-state index contributed by atoms with van der Waals surface area (Å²) in [6, 6.07) is 0. The summed E-state index contributed by atoms with van der Waals surface area (Å²) < 4.78 is 0. The predicted molar refractivity (Wildman–Crippen MR) is 65.9 cm³/mol. The predicted octanol–water partition coefficient (Wildman–Crippen LogP) is 0.840. The summed E-state index contributed by atoms with van der Waals surface area (Å²) in [5, 5.41) is 15.1. The Bertz CT molecular complexity index is 439. The number of aromatic nitrogens is 1. The molecular formula is C10H16N4O2S. The summed E-state index contributed by atoms with van der Waals surface area (Å²) in [4.78, 5) is 16.9. The maximum absolute atomic E-state index is 11.8. The second-order valence-electron chi connectivity index (χ2n) is 4.14. The van der Waals surface area contributed by atoms with Crippen molar-refractivity contribution in [1.82, 2.24) is 10.3 Å². The third-order valence-corrected chi connectivity index (χ3v) is 3.32. The van der Waals surface area contributed by atoms with E-state index < -0.39 is 5.41 Å². The average molecular weight is 256 g/mol. The molecule has 0 bridgehead atoms. The van der Waals surface area contributed by atoms with E-state index in [-0.39, 0.29) is 11.7 Å². The second-order valence-corrected chi connectivity index (χ2v) is 5.46. The third-order valence-electron chi connectivity index (χ3n) is 2.41. The maximum Gasteiger partial charge on any atom is 0.233 e. The zero-order chi connectivity index (χ0) is 13.1. The van der Waals surface area contributed by atoms with Crippen LogP contribution in [-0.4, -0.2) is 21.9 Å². The number of nitrogens with two attached hydrogens (primary N) is 1. The number of carbonyl (C=O) groups excluding carboxylic acids is 1. The van der Waals surface area contributed by atoms with Crippen LogP contribution in [-0.2, 0) is 11.3 Å². The molecule has 0 atom stereocenters. The molecule has 7 heteroatoms. The van der Waals surface area contributed by atoms with Crippen LogP contribution in [0.3, 0.4) is 0 Å². The molecule has 1 aromatic rings. The minimum absolute atomic E-state index is 0.115. The van der Waals surface area contributed by atoms with Crippen LogP contribution in [0.15, 0.2) is 11.4 Å². The summed E-state index contributed by atoms with van der Waals surface area (Å²) in [5.41, 5.74) is 4.42. The molecular weight excluding hydrogens is 240 g/mol. The fourth-order valence-corrected chi connectivity index (χ4v) is 1.85.